The fraction of sp³-hybridized carbons (Fsp3) is 0.179. The van der Waals surface area contributed by atoms with Gasteiger partial charge >= 0.3 is 0 Å². The zero-order valence-corrected chi connectivity index (χ0v) is 23.1. The van der Waals surface area contributed by atoms with E-state index in [2.05, 4.69) is 53.9 Å². The number of thiocarbonyl (C=S) groups is 1. The Morgan fingerprint density at radius 3 is 2.44 bits per heavy atom. The molecule has 1 aliphatic rings. The van der Waals surface area contributed by atoms with E-state index in [0.717, 1.165) is 9.13 Å². The Morgan fingerprint density at radius 2 is 1.75 bits per heavy atom. The summed E-state index contributed by atoms with van der Waals surface area (Å²) in [6.45, 7) is 6.87. The molecule has 36 heavy (non-hydrogen) atoms. The Kier molecular flexibility index (Phi) is 8.05. The summed E-state index contributed by atoms with van der Waals surface area (Å²) >= 11 is 7.44. The van der Waals surface area contributed by atoms with Gasteiger partial charge in [0.1, 0.15) is 12.2 Å². The SMILES string of the molecule is CCOc1cc(/C=C2/C(=O)NC(=S)N(c3ccccc3)C2=O)cc(I)c1OCc1ccc(C)c(C)c1. The van der Waals surface area contributed by atoms with Gasteiger partial charge in [-0.2, -0.15) is 0 Å². The Morgan fingerprint density at radius 1 is 1.00 bits per heavy atom. The normalized spacial score (nSPS) is 14.7. The van der Waals surface area contributed by atoms with Crippen molar-refractivity contribution in [2.24, 2.45) is 0 Å². The summed E-state index contributed by atoms with van der Waals surface area (Å²) in [5, 5.41) is 2.66. The van der Waals surface area contributed by atoms with E-state index in [1.165, 1.54) is 16.0 Å². The molecule has 1 saturated heterocycles. The third-order valence-electron chi connectivity index (χ3n) is 5.71. The Balaban J connectivity index is 1.65. The lowest BCUT2D eigenvalue weighted by molar-refractivity contribution is -0.122. The average Bonchev–Trinajstić information content (AvgIpc) is 2.84. The van der Waals surface area contributed by atoms with Crippen molar-refractivity contribution in [3.05, 3.63) is 92.1 Å². The lowest BCUT2D eigenvalue weighted by Gasteiger charge is -2.28. The number of anilines is 1. The van der Waals surface area contributed by atoms with Crippen molar-refractivity contribution in [1.82, 2.24) is 5.32 Å². The molecule has 1 N–H and O–H groups in total. The molecule has 0 aliphatic carbocycles. The fourth-order valence-corrected chi connectivity index (χ4v) is 4.82. The summed E-state index contributed by atoms with van der Waals surface area (Å²) in [7, 11) is 0. The van der Waals surface area contributed by atoms with Gasteiger partial charge in [0.15, 0.2) is 16.6 Å². The molecule has 2 amide bonds. The number of hydrogen-bond acceptors (Lipinski definition) is 5. The molecular formula is C28H25IN2O4S. The maximum atomic E-state index is 13.3. The number of benzene rings is 3. The molecule has 0 spiro atoms. The van der Waals surface area contributed by atoms with E-state index in [4.69, 9.17) is 21.7 Å². The van der Waals surface area contributed by atoms with Crippen molar-refractivity contribution in [2.75, 3.05) is 11.5 Å². The van der Waals surface area contributed by atoms with E-state index < -0.39 is 11.8 Å². The highest BCUT2D eigenvalue weighted by atomic mass is 127. The summed E-state index contributed by atoms with van der Waals surface area (Å²) in [6.07, 6.45) is 1.55. The van der Waals surface area contributed by atoms with E-state index in [9.17, 15) is 9.59 Å². The first-order valence-electron chi connectivity index (χ1n) is 11.4. The van der Waals surface area contributed by atoms with Crippen LogP contribution in [0.4, 0.5) is 5.69 Å². The molecule has 8 heteroatoms. The standard InChI is InChI=1S/C28H25IN2O4S/c1-4-34-24-15-20(14-23(29)25(24)35-16-19-11-10-17(2)18(3)12-19)13-22-26(32)30-28(36)31(27(22)33)21-8-6-5-7-9-21/h5-15H,4,16H2,1-3H3,(H,30,32,36)/b22-13-. The van der Waals surface area contributed by atoms with Crippen LogP contribution in [0.1, 0.15) is 29.2 Å². The third kappa shape index (κ3) is 5.60. The number of amides is 2. The first-order chi connectivity index (χ1) is 17.3. The highest BCUT2D eigenvalue weighted by Gasteiger charge is 2.34. The van der Waals surface area contributed by atoms with Crippen molar-refractivity contribution >= 4 is 63.5 Å². The van der Waals surface area contributed by atoms with Crippen LogP contribution in [0.25, 0.3) is 6.08 Å². The van der Waals surface area contributed by atoms with Crippen molar-refractivity contribution in [1.29, 1.82) is 0 Å². The summed E-state index contributed by atoms with van der Waals surface area (Å²) in [5.74, 6) is 0.127. The maximum absolute atomic E-state index is 13.3. The number of ether oxygens (including phenoxy) is 2. The van der Waals surface area contributed by atoms with Gasteiger partial charge in [0, 0.05) is 0 Å². The van der Waals surface area contributed by atoms with Gasteiger partial charge in [-0.3, -0.25) is 19.8 Å². The largest absolute Gasteiger partial charge is 0.490 e. The molecular weight excluding hydrogens is 587 g/mol. The van der Waals surface area contributed by atoms with Crippen LogP contribution < -0.4 is 19.7 Å². The molecule has 1 aliphatic heterocycles. The quantitative estimate of drug-likeness (QED) is 0.160. The molecule has 3 aromatic rings. The second-order valence-corrected chi connectivity index (χ2v) is 9.81. The third-order valence-corrected chi connectivity index (χ3v) is 6.80. The van der Waals surface area contributed by atoms with Gasteiger partial charge in [0.05, 0.1) is 15.9 Å². The highest BCUT2D eigenvalue weighted by molar-refractivity contribution is 14.1. The van der Waals surface area contributed by atoms with Crippen LogP contribution in [-0.4, -0.2) is 23.5 Å². The Hall–Kier alpha value is -3.24. The van der Waals surface area contributed by atoms with Crippen LogP contribution in [0.3, 0.4) is 0 Å². The highest BCUT2D eigenvalue weighted by Crippen LogP contribution is 2.36. The van der Waals surface area contributed by atoms with Gasteiger partial charge in [0.25, 0.3) is 11.8 Å². The predicted molar refractivity (Wildman–Crippen MR) is 153 cm³/mol. The van der Waals surface area contributed by atoms with Crippen LogP contribution in [0, 0.1) is 17.4 Å². The van der Waals surface area contributed by atoms with Crippen molar-refractivity contribution < 1.29 is 19.1 Å². The van der Waals surface area contributed by atoms with Gasteiger partial charge in [0.2, 0.25) is 0 Å². The molecule has 0 unspecified atom stereocenters. The van der Waals surface area contributed by atoms with E-state index >= 15 is 0 Å². The summed E-state index contributed by atoms with van der Waals surface area (Å²) in [4.78, 5) is 27.3. The van der Waals surface area contributed by atoms with Crippen LogP contribution in [0.15, 0.2) is 66.2 Å². The Bertz CT molecular complexity index is 1370. The predicted octanol–water partition coefficient (Wildman–Crippen LogP) is 5.72. The van der Waals surface area contributed by atoms with Crippen LogP contribution in [0.2, 0.25) is 0 Å². The van der Waals surface area contributed by atoms with E-state index in [-0.39, 0.29) is 10.7 Å². The number of hydrogen-bond donors (Lipinski definition) is 1. The zero-order chi connectivity index (χ0) is 25.8. The number of aryl methyl sites for hydroxylation is 2. The van der Waals surface area contributed by atoms with Crippen LogP contribution >= 0.6 is 34.8 Å². The van der Waals surface area contributed by atoms with Gasteiger partial charge in [-0.25, -0.2) is 0 Å². The summed E-state index contributed by atoms with van der Waals surface area (Å²) < 4.78 is 12.8. The first-order valence-corrected chi connectivity index (χ1v) is 12.9. The number of carbonyl (C=O) groups excluding carboxylic acids is 2. The van der Waals surface area contributed by atoms with Crippen molar-refractivity contribution in [3.8, 4) is 11.5 Å². The number of halogens is 1. The Labute approximate surface area is 229 Å². The molecule has 1 fully saturated rings. The first kappa shape index (κ1) is 25.8. The average molecular weight is 612 g/mol. The van der Waals surface area contributed by atoms with E-state index in [0.29, 0.717) is 36.0 Å². The smallest absolute Gasteiger partial charge is 0.270 e. The van der Waals surface area contributed by atoms with Crippen molar-refractivity contribution in [3.63, 3.8) is 0 Å². The van der Waals surface area contributed by atoms with Crippen LogP contribution in [0.5, 0.6) is 11.5 Å². The summed E-state index contributed by atoms with van der Waals surface area (Å²) in [5.41, 5.74) is 4.70. The van der Waals surface area contributed by atoms with E-state index in [1.54, 1.807) is 36.4 Å². The topological polar surface area (TPSA) is 67.9 Å². The molecule has 0 radical (unpaired) electrons. The van der Waals surface area contributed by atoms with Gasteiger partial charge in [-0.1, -0.05) is 36.4 Å². The molecule has 0 aromatic heterocycles. The lowest BCUT2D eigenvalue weighted by atomic mass is 10.1. The monoisotopic (exact) mass is 612 g/mol. The van der Waals surface area contributed by atoms with Crippen LogP contribution in [-0.2, 0) is 16.2 Å². The fourth-order valence-electron chi connectivity index (χ4n) is 3.76. The minimum Gasteiger partial charge on any atom is -0.490 e. The number of rotatable bonds is 7. The number of para-hydroxylation sites is 1. The minimum atomic E-state index is -0.541. The molecule has 6 nitrogen and oxygen atoms in total. The zero-order valence-electron chi connectivity index (χ0n) is 20.1. The van der Waals surface area contributed by atoms with Crippen molar-refractivity contribution in [2.45, 2.75) is 27.4 Å². The minimum absolute atomic E-state index is 0.0190. The molecule has 0 saturated carbocycles. The van der Waals surface area contributed by atoms with E-state index in [1.807, 2.05) is 25.1 Å². The summed E-state index contributed by atoms with van der Waals surface area (Å²) in [6, 6.07) is 18.8. The molecule has 1 heterocycles. The second kappa shape index (κ2) is 11.2. The number of nitrogens with zero attached hydrogens (tertiary/aromatic N) is 1. The molecule has 3 aromatic carbocycles. The van der Waals surface area contributed by atoms with Gasteiger partial charge in [-0.05, 0) is 108 Å². The van der Waals surface area contributed by atoms with Gasteiger partial charge in [-0.15, -0.1) is 0 Å². The maximum Gasteiger partial charge on any atom is 0.270 e. The molecule has 184 valence electrons. The lowest BCUT2D eigenvalue weighted by Crippen LogP contribution is -2.54. The number of carbonyl (C=O) groups is 2. The molecule has 0 bridgehead atoms. The molecule has 0 atom stereocenters. The van der Waals surface area contributed by atoms with Gasteiger partial charge < -0.3 is 9.47 Å². The second-order valence-electron chi connectivity index (χ2n) is 8.26. The molecule has 4 rings (SSSR count). The number of nitrogens with one attached hydrogen (secondary N) is 1.